The topological polar surface area (TPSA) is 31.0 Å². The smallest absolute Gasteiger partial charge is 0.162 e. The number of ether oxygens (including phenoxy) is 3. The summed E-state index contributed by atoms with van der Waals surface area (Å²) in [6, 6.07) is 3.86. The molecule has 2 atom stereocenters. The first-order chi connectivity index (χ1) is 8.78. The maximum Gasteiger partial charge on any atom is 0.162 e. The van der Waals surface area contributed by atoms with Crippen molar-refractivity contribution in [2.75, 3.05) is 13.2 Å². The highest BCUT2D eigenvalue weighted by atomic mass is 35.5. The first-order valence-electron chi connectivity index (χ1n) is 6.51. The minimum Gasteiger partial charge on any atom is -0.486 e. The summed E-state index contributed by atoms with van der Waals surface area (Å²) in [5.74, 6) is 1.56. The molecular formula is C14H17ClO3. The lowest BCUT2D eigenvalue weighted by molar-refractivity contribution is 0.171. The number of hydrogen-bond acceptors (Lipinski definition) is 3. The van der Waals surface area contributed by atoms with Gasteiger partial charge in [-0.3, -0.25) is 0 Å². The molecule has 3 rings (SSSR count). The summed E-state index contributed by atoms with van der Waals surface area (Å²) in [5, 5.41) is 0.757. The molecule has 0 aliphatic carbocycles. The molecule has 0 spiro atoms. The van der Waals surface area contributed by atoms with Crippen molar-refractivity contribution in [2.24, 2.45) is 0 Å². The van der Waals surface area contributed by atoms with Gasteiger partial charge in [-0.05, 0) is 30.9 Å². The highest BCUT2D eigenvalue weighted by Crippen LogP contribution is 2.37. The van der Waals surface area contributed by atoms with Crippen LogP contribution in [0.5, 0.6) is 11.5 Å². The third-order valence-electron chi connectivity index (χ3n) is 3.50. The van der Waals surface area contributed by atoms with E-state index in [4.69, 9.17) is 25.8 Å². The van der Waals surface area contributed by atoms with E-state index in [1.807, 2.05) is 12.1 Å². The number of aryl methyl sites for hydroxylation is 1. The molecule has 0 bridgehead atoms. The largest absolute Gasteiger partial charge is 0.486 e. The first-order valence-corrected chi connectivity index (χ1v) is 6.89. The van der Waals surface area contributed by atoms with E-state index in [0.717, 1.165) is 41.3 Å². The van der Waals surface area contributed by atoms with Crippen LogP contribution < -0.4 is 9.47 Å². The van der Waals surface area contributed by atoms with Crippen molar-refractivity contribution in [1.82, 2.24) is 0 Å². The zero-order valence-electron chi connectivity index (χ0n) is 10.4. The van der Waals surface area contributed by atoms with E-state index in [1.165, 1.54) is 0 Å². The molecule has 1 aromatic carbocycles. The second-order valence-corrected chi connectivity index (χ2v) is 5.15. The third kappa shape index (κ3) is 2.43. The summed E-state index contributed by atoms with van der Waals surface area (Å²) < 4.78 is 16.6. The summed E-state index contributed by atoms with van der Waals surface area (Å²) in [7, 11) is 0. The lowest BCUT2D eigenvalue weighted by Crippen LogP contribution is -2.15. The Labute approximate surface area is 112 Å². The molecule has 0 N–H and O–H groups in total. The molecule has 2 aliphatic heterocycles. The van der Waals surface area contributed by atoms with Crippen LogP contribution in [0, 0.1) is 0 Å². The van der Waals surface area contributed by atoms with Gasteiger partial charge in [-0.2, -0.15) is 0 Å². The van der Waals surface area contributed by atoms with Crippen molar-refractivity contribution in [3.8, 4) is 11.5 Å². The first kappa shape index (κ1) is 12.1. The molecule has 2 unspecified atom stereocenters. The molecule has 0 aromatic heterocycles. The molecule has 1 fully saturated rings. The Morgan fingerprint density at radius 2 is 1.89 bits per heavy atom. The zero-order chi connectivity index (χ0) is 12.5. The van der Waals surface area contributed by atoms with Gasteiger partial charge >= 0.3 is 0 Å². The van der Waals surface area contributed by atoms with Crippen LogP contribution >= 0.6 is 11.6 Å². The molecule has 0 amide bonds. The average molecular weight is 269 g/mol. The van der Waals surface area contributed by atoms with Crippen molar-refractivity contribution >= 4 is 11.6 Å². The maximum atomic E-state index is 6.26. The van der Waals surface area contributed by atoms with Gasteiger partial charge in [0.1, 0.15) is 13.2 Å². The van der Waals surface area contributed by atoms with E-state index < -0.39 is 0 Å². The lowest BCUT2D eigenvalue weighted by Gasteiger charge is -2.19. The van der Waals surface area contributed by atoms with E-state index in [0.29, 0.717) is 25.4 Å². The molecule has 4 heteroatoms. The number of benzene rings is 1. The molecule has 98 valence electrons. The molecule has 2 aliphatic rings. The number of rotatable bonds is 4. The summed E-state index contributed by atoms with van der Waals surface area (Å²) >= 11 is 6.26. The Kier molecular flexibility index (Phi) is 3.35. The van der Waals surface area contributed by atoms with Gasteiger partial charge in [-0.1, -0.05) is 18.5 Å². The third-order valence-corrected chi connectivity index (χ3v) is 3.85. The maximum absolute atomic E-state index is 6.26. The fourth-order valence-corrected chi connectivity index (χ4v) is 2.64. The van der Waals surface area contributed by atoms with Crippen LogP contribution in [0.1, 0.15) is 25.3 Å². The van der Waals surface area contributed by atoms with E-state index in [-0.39, 0.29) is 0 Å². The Morgan fingerprint density at radius 1 is 1.17 bits per heavy atom. The molecule has 1 saturated heterocycles. The van der Waals surface area contributed by atoms with E-state index in [9.17, 15) is 0 Å². The number of halogens is 1. The molecular weight excluding hydrogens is 252 g/mol. The summed E-state index contributed by atoms with van der Waals surface area (Å²) in [6.45, 7) is 3.36. The molecule has 0 saturated carbocycles. The number of epoxide rings is 1. The fourth-order valence-electron chi connectivity index (χ4n) is 2.39. The number of hydrogen-bond donors (Lipinski definition) is 0. The van der Waals surface area contributed by atoms with Crippen molar-refractivity contribution in [2.45, 2.75) is 38.4 Å². The van der Waals surface area contributed by atoms with Gasteiger partial charge in [0, 0.05) is 11.1 Å². The molecule has 18 heavy (non-hydrogen) atoms. The fraction of sp³-hybridized carbons (Fsp3) is 0.571. The molecule has 2 heterocycles. The van der Waals surface area contributed by atoms with Gasteiger partial charge in [0.2, 0.25) is 0 Å². The van der Waals surface area contributed by atoms with E-state index in [2.05, 4.69) is 6.92 Å². The Balaban J connectivity index is 1.68. The standard InChI is InChI=1S/C14H17ClO3/c1-2-11-12(18-11)4-3-9-7-13-14(8-10(9)15)17-6-5-16-13/h7-8,11-12H,2-6H2,1H3. The second kappa shape index (κ2) is 4.98. The highest BCUT2D eigenvalue weighted by Gasteiger charge is 2.36. The van der Waals surface area contributed by atoms with Crippen LogP contribution in [0.15, 0.2) is 12.1 Å². The number of fused-ring (bicyclic) bond motifs is 1. The van der Waals surface area contributed by atoms with Crippen LogP contribution in [0.4, 0.5) is 0 Å². The predicted molar refractivity (Wildman–Crippen MR) is 69.7 cm³/mol. The highest BCUT2D eigenvalue weighted by molar-refractivity contribution is 6.31. The summed E-state index contributed by atoms with van der Waals surface area (Å²) in [4.78, 5) is 0. The molecule has 0 radical (unpaired) electrons. The van der Waals surface area contributed by atoms with Crippen LogP contribution in [-0.4, -0.2) is 25.4 Å². The van der Waals surface area contributed by atoms with Crippen LogP contribution in [0.25, 0.3) is 0 Å². The van der Waals surface area contributed by atoms with Crippen molar-refractivity contribution in [1.29, 1.82) is 0 Å². The predicted octanol–water partition coefficient (Wildman–Crippen LogP) is 3.22. The minimum absolute atomic E-state index is 0.416. The summed E-state index contributed by atoms with van der Waals surface area (Å²) in [5.41, 5.74) is 1.12. The van der Waals surface area contributed by atoms with Gasteiger partial charge in [0.05, 0.1) is 12.2 Å². The van der Waals surface area contributed by atoms with Gasteiger partial charge in [0.25, 0.3) is 0 Å². The van der Waals surface area contributed by atoms with Crippen molar-refractivity contribution < 1.29 is 14.2 Å². The van der Waals surface area contributed by atoms with Crippen molar-refractivity contribution in [3.63, 3.8) is 0 Å². The zero-order valence-corrected chi connectivity index (χ0v) is 11.2. The Hall–Kier alpha value is -0.930. The second-order valence-electron chi connectivity index (χ2n) is 4.75. The minimum atomic E-state index is 0.416. The Bertz CT molecular complexity index is 447. The van der Waals surface area contributed by atoms with Gasteiger partial charge in [-0.15, -0.1) is 0 Å². The van der Waals surface area contributed by atoms with E-state index >= 15 is 0 Å². The SMILES string of the molecule is CCC1OC1CCc1cc2c(cc1Cl)OCCO2. The normalized spacial score (nSPS) is 25.0. The monoisotopic (exact) mass is 268 g/mol. The lowest BCUT2D eigenvalue weighted by atomic mass is 10.1. The average Bonchev–Trinajstić information content (AvgIpc) is 3.15. The van der Waals surface area contributed by atoms with Gasteiger partial charge < -0.3 is 14.2 Å². The Morgan fingerprint density at radius 3 is 2.56 bits per heavy atom. The molecule has 3 nitrogen and oxygen atoms in total. The van der Waals surface area contributed by atoms with Gasteiger partial charge in [-0.25, -0.2) is 0 Å². The van der Waals surface area contributed by atoms with Crippen LogP contribution in [0.2, 0.25) is 5.02 Å². The summed E-state index contributed by atoms with van der Waals surface area (Å²) in [6.07, 6.45) is 3.92. The quantitative estimate of drug-likeness (QED) is 0.786. The van der Waals surface area contributed by atoms with Crippen LogP contribution in [0.3, 0.4) is 0 Å². The molecule has 1 aromatic rings. The van der Waals surface area contributed by atoms with Crippen molar-refractivity contribution in [3.05, 3.63) is 22.7 Å². The van der Waals surface area contributed by atoms with Crippen LogP contribution in [-0.2, 0) is 11.2 Å². The van der Waals surface area contributed by atoms with E-state index in [1.54, 1.807) is 0 Å². The van der Waals surface area contributed by atoms with Gasteiger partial charge in [0.15, 0.2) is 11.5 Å².